The molecule has 2 N–H and O–H groups in total. The minimum absolute atomic E-state index is 0.531. The van der Waals surface area contributed by atoms with Crippen LogP contribution in [0.2, 0.25) is 0 Å². The monoisotopic (exact) mass is 242 g/mol. The zero-order valence-corrected chi connectivity index (χ0v) is 9.60. The summed E-state index contributed by atoms with van der Waals surface area (Å²) in [5, 5.41) is 20.4. The van der Waals surface area contributed by atoms with Gasteiger partial charge in [0.1, 0.15) is 11.8 Å². The number of rotatable bonds is 1. The number of imide groups is 1. The maximum Gasteiger partial charge on any atom is 0.244 e. The van der Waals surface area contributed by atoms with E-state index in [2.05, 4.69) is 10.3 Å². The van der Waals surface area contributed by atoms with E-state index in [1.165, 1.54) is 0 Å². The molecule has 2 atom stereocenters. The number of aromatic nitrogens is 1. The van der Waals surface area contributed by atoms with Gasteiger partial charge >= 0.3 is 0 Å². The van der Waals surface area contributed by atoms with Crippen LogP contribution < -0.4 is 5.32 Å². The molecule has 1 saturated heterocycles. The molecule has 0 spiro atoms. The van der Waals surface area contributed by atoms with Crippen molar-refractivity contribution >= 4 is 11.8 Å². The van der Waals surface area contributed by atoms with Crippen molar-refractivity contribution in [3.63, 3.8) is 0 Å². The van der Waals surface area contributed by atoms with Crippen molar-refractivity contribution in [2.24, 2.45) is 11.8 Å². The molecule has 6 nitrogen and oxygen atoms in total. The van der Waals surface area contributed by atoms with Gasteiger partial charge in [0.15, 0.2) is 0 Å². The second-order valence-electron chi connectivity index (χ2n) is 4.34. The van der Waals surface area contributed by atoms with Crippen LogP contribution in [-0.2, 0) is 15.0 Å². The number of nitrogens with one attached hydrogen (secondary N) is 2. The molecular formula is C12H10N4O2. The average molecular weight is 242 g/mol. The Kier molecular flexibility index (Phi) is 2.64. The van der Waals surface area contributed by atoms with Crippen molar-refractivity contribution in [1.82, 2.24) is 10.3 Å². The number of H-pyrrole nitrogens is 1. The van der Waals surface area contributed by atoms with Crippen molar-refractivity contribution in [3.05, 3.63) is 24.0 Å². The molecule has 1 aromatic rings. The van der Waals surface area contributed by atoms with Crippen LogP contribution in [0.1, 0.15) is 12.6 Å². The maximum atomic E-state index is 11.7. The van der Waals surface area contributed by atoms with E-state index in [0.29, 0.717) is 5.69 Å². The van der Waals surface area contributed by atoms with E-state index in [-0.39, 0.29) is 0 Å². The molecule has 2 unspecified atom stereocenters. The van der Waals surface area contributed by atoms with Crippen LogP contribution in [0.3, 0.4) is 0 Å². The Hall–Kier alpha value is -2.60. The normalized spacial score (nSPS) is 31.3. The van der Waals surface area contributed by atoms with E-state index < -0.39 is 29.1 Å². The first kappa shape index (κ1) is 11.9. The second-order valence-corrected chi connectivity index (χ2v) is 4.34. The zero-order valence-electron chi connectivity index (χ0n) is 9.60. The van der Waals surface area contributed by atoms with Gasteiger partial charge in [-0.1, -0.05) is 6.92 Å². The van der Waals surface area contributed by atoms with Crippen LogP contribution in [0.25, 0.3) is 0 Å². The lowest BCUT2D eigenvalue weighted by molar-refractivity contribution is -0.140. The predicted molar refractivity (Wildman–Crippen MR) is 59.5 cm³/mol. The molecule has 1 aliphatic rings. The van der Waals surface area contributed by atoms with Crippen LogP contribution in [0.4, 0.5) is 0 Å². The van der Waals surface area contributed by atoms with Gasteiger partial charge in [0.2, 0.25) is 11.8 Å². The first-order valence-corrected chi connectivity index (χ1v) is 5.33. The van der Waals surface area contributed by atoms with Gasteiger partial charge in [-0.15, -0.1) is 0 Å². The lowest BCUT2D eigenvalue weighted by atomic mass is 9.64. The Balaban J connectivity index is 2.63. The highest BCUT2D eigenvalue weighted by atomic mass is 16.2. The number of nitrogens with zero attached hydrogens (tertiary/aromatic N) is 2. The molecule has 90 valence electrons. The van der Waals surface area contributed by atoms with Crippen LogP contribution in [0, 0.1) is 34.5 Å². The number of aromatic amines is 1. The number of nitriles is 2. The van der Waals surface area contributed by atoms with Crippen molar-refractivity contribution in [1.29, 1.82) is 10.5 Å². The highest BCUT2D eigenvalue weighted by molar-refractivity contribution is 6.04. The third-order valence-corrected chi connectivity index (χ3v) is 3.41. The molecule has 18 heavy (non-hydrogen) atoms. The quantitative estimate of drug-likeness (QED) is 0.686. The molecule has 0 aliphatic carbocycles. The number of hydrogen-bond donors (Lipinski definition) is 2. The number of hydrogen-bond acceptors (Lipinski definition) is 4. The highest BCUT2D eigenvalue weighted by Crippen LogP contribution is 2.41. The average Bonchev–Trinajstić information content (AvgIpc) is 2.83. The highest BCUT2D eigenvalue weighted by Gasteiger charge is 2.55. The van der Waals surface area contributed by atoms with E-state index >= 15 is 0 Å². The van der Waals surface area contributed by atoms with Crippen LogP contribution in [0.5, 0.6) is 0 Å². The lowest BCUT2D eigenvalue weighted by Gasteiger charge is -2.38. The summed E-state index contributed by atoms with van der Waals surface area (Å²) in [6.45, 7) is 1.58. The fourth-order valence-corrected chi connectivity index (χ4v) is 2.34. The predicted octanol–water partition coefficient (Wildman–Crippen LogP) is 0.208. The Morgan fingerprint density at radius 1 is 1.22 bits per heavy atom. The largest absolute Gasteiger partial charge is 0.364 e. The molecule has 0 radical (unpaired) electrons. The zero-order chi connectivity index (χ0) is 13.3. The van der Waals surface area contributed by atoms with Crippen LogP contribution in [-0.4, -0.2) is 16.8 Å². The number of piperidine rings is 1. The van der Waals surface area contributed by atoms with E-state index in [1.54, 1.807) is 25.3 Å². The molecular weight excluding hydrogens is 232 g/mol. The molecule has 6 heteroatoms. The first-order chi connectivity index (χ1) is 8.55. The van der Waals surface area contributed by atoms with Crippen molar-refractivity contribution < 1.29 is 9.59 Å². The summed E-state index contributed by atoms with van der Waals surface area (Å²) in [6, 6.07) is 7.13. The summed E-state index contributed by atoms with van der Waals surface area (Å²) in [5.74, 6) is -3.49. The first-order valence-electron chi connectivity index (χ1n) is 5.33. The third-order valence-electron chi connectivity index (χ3n) is 3.41. The molecule has 1 aromatic heterocycles. The minimum atomic E-state index is -1.16. The van der Waals surface area contributed by atoms with Gasteiger partial charge in [-0.05, 0) is 12.1 Å². The molecule has 2 heterocycles. The Labute approximate surface area is 103 Å². The van der Waals surface area contributed by atoms with Crippen LogP contribution >= 0.6 is 0 Å². The summed E-state index contributed by atoms with van der Waals surface area (Å²) in [4.78, 5) is 26.3. The van der Waals surface area contributed by atoms with Crippen molar-refractivity contribution in [3.8, 4) is 12.1 Å². The molecule has 0 saturated carbocycles. The van der Waals surface area contributed by atoms with Gasteiger partial charge < -0.3 is 4.98 Å². The standard InChI is InChI=1S/C12H10N4O2/c1-12(9-3-2-4-15-9)7(5-13)10(17)16-11(18)8(12)6-14/h2-4,7-8,15H,1H3,(H,16,17,18). The van der Waals surface area contributed by atoms with E-state index in [0.717, 1.165) is 0 Å². The van der Waals surface area contributed by atoms with Gasteiger partial charge in [-0.2, -0.15) is 10.5 Å². The molecule has 0 bridgehead atoms. The third kappa shape index (κ3) is 1.40. The Morgan fingerprint density at radius 2 is 1.78 bits per heavy atom. The minimum Gasteiger partial charge on any atom is -0.364 e. The number of carbonyl (C=O) groups is 2. The van der Waals surface area contributed by atoms with Crippen LogP contribution in [0.15, 0.2) is 18.3 Å². The fraction of sp³-hybridized carbons (Fsp3) is 0.333. The summed E-state index contributed by atoms with van der Waals surface area (Å²) >= 11 is 0. The molecule has 1 aliphatic heterocycles. The van der Waals surface area contributed by atoms with Crippen molar-refractivity contribution in [2.45, 2.75) is 12.3 Å². The molecule has 0 aromatic carbocycles. The Bertz CT molecular complexity index is 544. The lowest BCUT2D eigenvalue weighted by Crippen LogP contribution is -2.58. The smallest absolute Gasteiger partial charge is 0.244 e. The summed E-state index contributed by atoms with van der Waals surface area (Å²) in [5.41, 5.74) is -0.629. The van der Waals surface area contributed by atoms with E-state index in [9.17, 15) is 9.59 Å². The Morgan fingerprint density at radius 3 is 2.17 bits per heavy atom. The molecule has 2 rings (SSSR count). The topological polar surface area (TPSA) is 110 Å². The van der Waals surface area contributed by atoms with Gasteiger partial charge in [-0.25, -0.2) is 0 Å². The fourth-order valence-electron chi connectivity index (χ4n) is 2.34. The van der Waals surface area contributed by atoms with Gasteiger partial charge in [0.05, 0.1) is 17.6 Å². The summed E-state index contributed by atoms with van der Waals surface area (Å²) < 4.78 is 0. The van der Waals surface area contributed by atoms with Gasteiger partial charge in [-0.3, -0.25) is 14.9 Å². The summed E-state index contributed by atoms with van der Waals surface area (Å²) in [6.07, 6.45) is 1.63. The number of amides is 2. The van der Waals surface area contributed by atoms with Gasteiger partial charge in [0, 0.05) is 11.9 Å². The summed E-state index contributed by atoms with van der Waals surface area (Å²) in [7, 11) is 0. The second kappa shape index (κ2) is 4.01. The maximum absolute atomic E-state index is 11.7. The van der Waals surface area contributed by atoms with E-state index in [1.807, 2.05) is 12.1 Å². The molecule has 2 amide bonds. The van der Waals surface area contributed by atoms with Crippen molar-refractivity contribution in [2.75, 3.05) is 0 Å². The SMILES string of the molecule is CC1(c2ccc[nH]2)C(C#N)C(=O)NC(=O)C1C#N. The number of carbonyl (C=O) groups excluding carboxylic acids is 2. The van der Waals surface area contributed by atoms with Gasteiger partial charge in [0.25, 0.3) is 0 Å². The van der Waals surface area contributed by atoms with E-state index in [4.69, 9.17) is 10.5 Å². The molecule has 1 fully saturated rings.